The van der Waals surface area contributed by atoms with Crippen LogP contribution in [0, 0.1) is 0 Å². The maximum Gasteiger partial charge on any atom is 0.494 e. The first kappa shape index (κ1) is 24.4. The van der Waals surface area contributed by atoms with Crippen molar-refractivity contribution in [1.82, 2.24) is 9.55 Å². The van der Waals surface area contributed by atoms with Crippen LogP contribution in [0.3, 0.4) is 0 Å². The van der Waals surface area contributed by atoms with Crippen molar-refractivity contribution in [2.45, 2.75) is 58.2 Å². The Kier molecular flexibility index (Phi) is 5.11. The minimum Gasteiger partial charge on any atom is -0.399 e. The van der Waals surface area contributed by atoms with Gasteiger partial charge in [0.25, 0.3) is 0 Å². The lowest BCUT2D eigenvalue weighted by atomic mass is 9.74. The van der Waals surface area contributed by atoms with Crippen LogP contribution >= 0.6 is 0 Å². The van der Waals surface area contributed by atoms with Gasteiger partial charge in [0.1, 0.15) is 5.82 Å². The van der Waals surface area contributed by atoms with Crippen molar-refractivity contribution in [2.75, 3.05) is 0 Å². The molecule has 5 heteroatoms. The normalized spacial score (nSPS) is 18.4. The monoisotopic (exact) mass is 512 g/mol. The van der Waals surface area contributed by atoms with Crippen LogP contribution in [0.4, 0.5) is 0 Å². The molecule has 0 saturated carbocycles. The summed E-state index contributed by atoms with van der Waals surface area (Å²) >= 11 is 0. The summed E-state index contributed by atoms with van der Waals surface area (Å²) in [5.41, 5.74) is 9.65. The van der Waals surface area contributed by atoms with Crippen LogP contribution in [0.5, 0.6) is 0 Å². The standard InChI is InChI=1S/C34H33BN2O2/c1-32(2)27-20-22(31-36-29-14-10-11-15-30(29)37(31)24-12-8-7-9-13-24)16-18-25(27)26-19-17-23(21-28(26)32)35-38-33(3,4)34(5,6)39-35/h7-21H,1-6H3. The first-order chi connectivity index (χ1) is 18.6. The van der Waals surface area contributed by atoms with E-state index < -0.39 is 0 Å². The molecule has 1 aliphatic heterocycles. The molecule has 4 nitrogen and oxygen atoms in total. The number of para-hydroxylation sites is 3. The van der Waals surface area contributed by atoms with Crippen LogP contribution in [0.25, 0.3) is 39.2 Å². The second-order valence-corrected chi connectivity index (χ2v) is 12.4. The second kappa shape index (κ2) is 8.17. The van der Waals surface area contributed by atoms with E-state index >= 15 is 0 Å². The Labute approximate surface area is 230 Å². The summed E-state index contributed by atoms with van der Waals surface area (Å²) in [4.78, 5) is 5.11. The Balaban J connectivity index is 1.33. The quantitative estimate of drug-likeness (QED) is 0.238. The average molecular weight is 512 g/mol. The van der Waals surface area contributed by atoms with Crippen LogP contribution in [0.1, 0.15) is 52.7 Å². The van der Waals surface area contributed by atoms with Crippen molar-refractivity contribution in [3.63, 3.8) is 0 Å². The predicted molar refractivity (Wildman–Crippen MR) is 160 cm³/mol. The van der Waals surface area contributed by atoms with Gasteiger partial charge in [-0.3, -0.25) is 4.57 Å². The largest absolute Gasteiger partial charge is 0.494 e. The summed E-state index contributed by atoms with van der Waals surface area (Å²) in [6, 6.07) is 32.3. The van der Waals surface area contributed by atoms with Gasteiger partial charge in [0.2, 0.25) is 0 Å². The Morgan fingerprint density at radius 3 is 2.00 bits per heavy atom. The summed E-state index contributed by atoms with van der Waals surface area (Å²) < 4.78 is 15.0. The van der Waals surface area contributed by atoms with E-state index in [1.165, 1.54) is 22.3 Å². The third kappa shape index (κ3) is 3.57. The number of rotatable bonds is 3. The van der Waals surface area contributed by atoms with Crippen molar-refractivity contribution in [3.8, 4) is 28.2 Å². The molecule has 7 rings (SSSR count). The summed E-state index contributed by atoms with van der Waals surface area (Å²) in [7, 11) is -0.374. The number of hydrogen-bond acceptors (Lipinski definition) is 3. The molecule has 0 spiro atoms. The maximum atomic E-state index is 6.38. The summed E-state index contributed by atoms with van der Waals surface area (Å²) in [5, 5.41) is 0. The third-order valence-electron chi connectivity index (χ3n) is 9.06. The van der Waals surface area contributed by atoms with E-state index in [9.17, 15) is 0 Å². The molecule has 0 amide bonds. The molecule has 1 aromatic heterocycles. The van der Waals surface area contributed by atoms with Gasteiger partial charge in [0.15, 0.2) is 0 Å². The van der Waals surface area contributed by atoms with E-state index in [4.69, 9.17) is 14.3 Å². The Bertz CT molecular complexity index is 1730. The van der Waals surface area contributed by atoms with Crippen molar-refractivity contribution >= 4 is 23.6 Å². The number of benzene rings is 4. The lowest BCUT2D eigenvalue weighted by molar-refractivity contribution is 0.00578. The molecular formula is C34H33BN2O2. The lowest BCUT2D eigenvalue weighted by Gasteiger charge is -2.32. The Morgan fingerprint density at radius 2 is 1.28 bits per heavy atom. The predicted octanol–water partition coefficient (Wildman–Crippen LogP) is 7.30. The van der Waals surface area contributed by atoms with Crippen LogP contribution in [0.2, 0.25) is 0 Å². The highest BCUT2D eigenvalue weighted by molar-refractivity contribution is 6.62. The number of nitrogens with zero attached hydrogens (tertiary/aromatic N) is 2. The molecule has 0 radical (unpaired) electrons. The van der Waals surface area contributed by atoms with Gasteiger partial charge in [-0.25, -0.2) is 4.98 Å². The topological polar surface area (TPSA) is 36.3 Å². The molecule has 2 aliphatic rings. The van der Waals surface area contributed by atoms with E-state index in [-0.39, 0.29) is 23.7 Å². The average Bonchev–Trinajstić information content (AvgIpc) is 3.49. The fourth-order valence-electron chi connectivity index (χ4n) is 6.08. The number of aromatic nitrogens is 2. The second-order valence-electron chi connectivity index (χ2n) is 12.4. The molecule has 39 heavy (non-hydrogen) atoms. The highest BCUT2D eigenvalue weighted by Gasteiger charge is 2.52. The molecule has 5 aromatic rings. The highest BCUT2D eigenvalue weighted by Crippen LogP contribution is 2.49. The first-order valence-corrected chi connectivity index (χ1v) is 13.8. The van der Waals surface area contributed by atoms with Crippen molar-refractivity contribution in [1.29, 1.82) is 0 Å². The van der Waals surface area contributed by atoms with Crippen LogP contribution in [-0.2, 0) is 14.7 Å². The van der Waals surface area contributed by atoms with Gasteiger partial charge >= 0.3 is 7.12 Å². The molecule has 4 aromatic carbocycles. The minimum atomic E-state index is -0.374. The minimum absolute atomic E-state index is 0.177. The van der Waals surface area contributed by atoms with Crippen molar-refractivity contribution in [2.24, 2.45) is 0 Å². The number of hydrogen-bond donors (Lipinski definition) is 0. The summed E-state index contributed by atoms with van der Waals surface area (Å²) in [6.45, 7) is 13.0. The summed E-state index contributed by atoms with van der Waals surface area (Å²) in [6.07, 6.45) is 0. The molecule has 1 saturated heterocycles. The molecule has 194 valence electrons. The van der Waals surface area contributed by atoms with Crippen molar-refractivity contribution in [3.05, 3.63) is 102 Å². The van der Waals surface area contributed by atoms with Gasteiger partial charge in [0, 0.05) is 16.7 Å². The van der Waals surface area contributed by atoms with Crippen LogP contribution in [-0.4, -0.2) is 27.9 Å². The maximum absolute atomic E-state index is 6.38. The van der Waals surface area contributed by atoms with Gasteiger partial charge in [-0.2, -0.15) is 0 Å². The van der Waals surface area contributed by atoms with Gasteiger partial charge in [-0.05, 0) is 85.7 Å². The fourth-order valence-corrected chi connectivity index (χ4v) is 6.08. The first-order valence-electron chi connectivity index (χ1n) is 13.8. The van der Waals surface area contributed by atoms with Crippen LogP contribution in [0.15, 0.2) is 91.0 Å². The van der Waals surface area contributed by atoms with E-state index in [1.54, 1.807) is 0 Å². The zero-order valence-corrected chi connectivity index (χ0v) is 23.4. The molecular weight excluding hydrogens is 479 g/mol. The van der Waals surface area contributed by atoms with E-state index in [0.29, 0.717) is 0 Å². The number of imidazole rings is 1. The Hall–Kier alpha value is -3.67. The molecule has 0 unspecified atom stereocenters. The fraction of sp³-hybridized carbons (Fsp3) is 0.265. The third-order valence-corrected chi connectivity index (χ3v) is 9.06. The molecule has 0 atom stereocenters. The SMILES string of the molecule is CC1(C)c2cc(B3OC(C)(C)C(C)(C)O3)ccc2-c2ccc(-c3nc4ccccc4n3-c3ccccc3)cc21. The smallest absolute Gasteiger partial charge is 0.399 e. The van der Waals surface area contributed by atoms with Gasteiger partial charge in [0.05, 0.1) is 22.2 Å². The van der Waals surface area contributed by atoms with E-state index in [0.717, 1.165) is 33.6 Å². The van der Waals surface area contributed by atoms with Gasteiger partial charge < -0.3 is 9.31 Å². The molecule has 0 bridgehead atoms. The molecule has 2 heterocycles. The van der Waals surface area contributed by atoms with Crippen LogP contribution < -0.4 is 5.46 Å². The van der Waals surface area contributed by atoms with Gasteiger partial charge in [-0.1, -0.05) is 74.5 Å². The highest BCUT2D eigenvalue weighted by atomic mass is 16.7. The number of fused-ring (bicyclic) bond motifs is 4. The molecule has 1 aliphatic carbocycles. The lowest BCUT2D eigenvalue weighted by Crippen LogP contribution is -2.41. The molecule has 0 N–H and O–H groups in total. The van der Waals surface area contributed by atoms with E-state index in [2.05, 4.69) is 137 Å². The summed E-state index contributed by atoms with van der Waals surface area (Å²) in [5.74, 6) is 0.954. The molecule has 1 fully saturated rings. The van der Waals surface area contributed by atoms with Crippen molar-refractivity contribution < 1.29 is 9.31 Å². The Morgan fingerprint density at radius 1 is 0.667 bits per heavy atom. The van der Waals surface area contributed by atoms with Gasteiger partial charge in [-0.15, -0.1) is 0 Å². The zero-order chi connectivity index (χ0) is 27.2. The van der Waals surface area contributed by atoms with E-state index in [1.807, 2.05) is 0 Å². The zero-order valence-electron chi connectivity index (χ0n) is 23.4.